The van der Waals surface area contributed by atoms with Gasteiger partial charge in [-0.25, -0.2) is 4.98 Å². The summed E-state index contributed by atoms with van der Waals surface area (Å²) in [4.78, 5) is 3.87. The monoisotopic (exact) mass is 238 g/mol. The van der Waals surface area contributed by atoms with E-state index >= 15 is 0 Å². The van der Waals surface area contributed by atoms with Crippen LogP contribution in [0.25, 0.3) is 5.13 Å². The van der Waals surface area contributed by atoms with Gasteiger partial charge in [0.25, 0.3) is 0 Å². The van der Waals surface area contributed by atoms with Gasteiger partial charge in [0.05, 0.1) is 6.54 Å². The Hall–Kier alpha value is -1.34. The molecular weight excluding hydrogens is 224 g/mol. The number of nitrogens with zero attached hydrogens (tertiary/aromatic N) is 5. The zero-order valence-electron chi connectivity index (χ0n) is 9.51. The van der Waals surface area contributed by atoms with Gasteiger partial charge in [-0.2, -0.15) is 9.78 Å². The molecule has 0 atom stereocenters. The minimum absolute atomic E-state index is 0.0824. The first-order valence-electron chi connectivity index (χ1n) is 4.97. The van der Waals surface area contributed by atoms with E-state index in [0.29, 0.717) is 0 Å². The molecule has 0 aliphatic carbocycles. The Bertz CT molecular complexity index is 441. The third-order valence-electron chi connectivity index (χ3n) is 1.84. The summed E-state index contributed by atoms with van der Waals surface area (Å²) in [5.74, 6) is 0. The molecule has 0 bridgehead atoms. The van der Waals surface area contributed by atoms with Gasteiger partial charge in [0.2, 0.25) is 5.13 Å². The van der Waals surface area contributed by atoms with Crippen LogP contribution in [0.5, 0.6) is 0 Å². The second kappa shape index (κ2) is 4.26. The lowest BCUT2D eigenvalue weighted by atomic mass is 10.1. The molecule has 6 nitrogen and oxygen atoms in total. The van der Waals surface area contributed by atoms with Gasteiger partial charge in [0.1, 0.15) is 17.7 Å². The van der Waals surface area contributed by atoms with Crippen LogP contribution in [-0.4, -0.2) is 30.5 Å². The second-order valence-corrected chi connectivity index (χ2v) is 5.46. The Morgan fingerprint density at radius 3 is 2.81 bits per heavy atom. The quantitative estimate of drug-likeness (QED) is 0.864. The van der Waals surface area contributed by atoms with Gasteiger partial charge in [-0.1, -0.05) is 11.3 Å². The largest absolute Gasteiger partial charge is 0.306 e. The molecule has 0 spiro atoms. The summed E-state index contributed by atoms with van der Waals surface area (Å²) in [6.45, 7) is 7.07. The van der Waals surface area contributed by atoms with E-state index in [1.165, 1.54) is 17.7 Å². The van der Waals surface area contributed by atoms with Crippen molar-refractivity contribution in [3.05, 3.63) is 17.7 Å². The van der Waals surface area contributed by atoms with Crippen molar-refractivity contribution in [3.63, 3.8) is 0 Å². The summed E-state index contributed by atoms with van der Waals surface area (Å²) in [5.41, 5.74) is 0.0824. The van der Waals surface area contributed by atoms with Gasteiger partial charge in [0, 0.05) is 5.54 Å². The molecule has 0 saturated heterocycles. The Labute approximate surface area is 97.7 Å². The van der Waals surface area contributed by atoms with Crippen LogP contribution in [-0.2, 0) is 6.54 Å². The Balaban J connectivity index is 2.03. The zero-order chi connectivity index (χ0) is 11.6. The lowest BCUT2D eigenvalue weighted by Crippen LogP contribution is -2.35. The van der Waals surface area contributed by atoms with Crippen LogP contribution in [0.15, 0.2) is 12.7 Å². The van der Waals surface area contributed by atoms with Crippen LogP contribution in [0.2, 0.25) is 0 Å². The van der Waals surface area contributed by atoms with E-state index < -0.39 is 0 Å². The summed E-state index contributed by atoms with van der Waals surface area (Å²) in [6, 6.07) is 0. The second-order valence-electron chi connectivity index (χ2n) is 4.42. The SMILES string of the molecule is CC(C)(C)NCc1nnc(-n2cncn2)s1. The summed E-state index contributed by atoms with van der Waals surface area (Å²) in [7, 11) is 0. The number of hydrogen-bond donors (Lipinski definition) is 1. The minimum Gasteiger partial charge on any atom is -0.306 e. The average molecular weight is 238 g/mol. The van der Waals surface area contributed by atoms with Crippen molar-refractivity contribution in [3.8, 4) is 5.13 Å². The van der Waals surface area contributed by atoms with Gasteiger partial charge < -0.3 is 5.32 Å². The fourth-order valence-corrected chi connectivity index (χ4v) is 1.76. The topological polar surface area (TPSA) is 68.5 Å². The molecule has 7 heteroatoms. The Morgan fingerprint density at radius 1 is 1.38 bits per heavy atom. The highest BCUT2D eigenvalue weighted by atomic mass is 32.1. The van der Waals surface area contributed by atoms with Gasteiger partial charge in [-0.3, -0.25) is 0 Å². The fourth-order valence-electron chi connectivity index (χ4n) is 1.06. The highest BCUT2D eigenvalue weighted by Gasteiger charge is 2.11. The first-order chi connectivity index (χ1) is 7.54. The normalized spacial score (nSPS) is 11.9. The first-order valence-corrected chi connectivity index (χ1v) is 5.79. The number of hydrogen-bond acceptors (Lipinski definition) is 6. The summed E-state index contributed by atoms with van der Waals surface area (Å²) < 4.78 is 1.61. The number of nitrogens with one attached hydrogen (secondary N) is 1. The zero-order valence-corrected chi connectivity index (χ0v) is 10.3. The van der Waals surface area contributed by atoms with Crippen molar-refractivity contribution in [2.45, 2.75) is 32.9 Å². The molecular formula is C9H14N6S. The van der Waals surface area contributed by atoms with Crippen molar-refractivity contribution < 1.29 is 0 Å². The summed E-state index contributed by atoms with van der Waals surface area (Å²) in [5, 5.41) is 17.2. The molecule has 0 radical (unpaired) electrons. The molecule has 0 unspecified atom stereocenters. The smallest absolute Gasteiger partial charge is 0.234 e. The molecule has 0 fully saturated rings. The fraction of sp³-hybridized carbons (Fsp3) is 0.556. The molecule has 2 aromatic rings. The predicted molar refractivity (Wildman–Crippen MR) is 61.4 cm³/mol. The van der Waals surface area contributed by atoms with Crippen LogP contribution in [0.1, 0.15) is 25.8 Å². The molecule has 2 heterocycles. The van der Waals surface area contributed by atoms with Crippen LogP contribution < -0.4 is 5.32 Å². The summed E-state index contributed by atoms with van der Waals surface area (Å²) >= 11 is 1.51. The van der Waals surface area contributed by atoms with Crippen LogP contribution in [0.4, 0.5) is 0 Å². The average Bonchev–Trinajstić information content (AvgIpc) is 2.84. The maximum Gasteiger partial charge on any atom is 0.234 e. The third kappa shape index (κ3) is 2.83. The molecule has 2 aromatic heterocycles. The lowest BCUT2D eigenvalue weighted by Gasteiger charge is -2.19. The Kier molecular flexibility index (Phi) is 2.97. The molecule has 0 aliphatic rings. The molecule has 16 heavy (non-hydrogen) atoms. The van der Waals surface area contributed by atoms with Gasteiger partial charge in [-0.15, -0.1) is 10.2 Å². The van der Waals surface area contributed by atoms with E-state index in [2.05, 4.69) is 46.4 Å². The van der Waals surface area contributed by atoms with Gasteiger partial charge >= 0.3 is 0 Å². The Morgan fingerprint density at radius 2 is 2.19 bits per heavy atom. The molecule has 0 aromatic carbocycles. The summed E-state index contributed by atoms with van der Waals surface area (Å²) in [6.07, 6.45) is 3.09. The van der Waals surface area contributed by atoms with Crippen LogP contribution in [0, 0.1) is 0 Å². The molecule has 0 aliphatic heterocycles. The number of rotatable bonds is 3. The molecule has 0 saturated carbocycles. The van der Waals surface area contributed by atoms with E-state index in [0.717, 1.165) is 16.7 Å². The third-order valence-corrected chi connectivity index (χ3v) is 2.75. The van der Waals surface area contributed by atoms with Crippen molar-refractivity contribution >= 4 is 11.3 Å². The predicted octanol–water partition coefficient (Wildman–Crippen LogP) is 1.01. The minimum atomic E-state index is 0.0824. The van der Waals surface area contributed by atoms with Crippen molar-refractivity contribution in [1.29, 1.82) is 0 Å². The van der Waals surface area contributed by atoms with E-state index in [1.54, 1.807) is 11.0 Å². The van der Waals surface area contributed by atoms with Crippen molar-refractivity contribution in [2.24, 2.45) is 0 Å². The molecule has 0 amide bonds. The lowest BCUT2D eigenvalue weighted by molar-refractivity contribution is 0.423. The standard InChI is InChI=1S/C9H14N6S/c1-9(2,3)11-4-7-13-14-8(16-7)15-6-10-5-12-15/h5-6,11H,4H2,1-3H3. The molecule has 2 rings (SSSR count). The molecule has 1 N–H and O–H groups in total. The van der Waals surface area contributed by atoms with Crippen LogP contribution in [0.3, 0.4) is 0 Å². The van der Waals surface area contributed by atoms with Gasteiger partial charge in [-0.05, 0) is 20.8 Å². The number of aromatic nitrogens is 5. The van der Waals surface area contributed by atoms with Crippen molar-refractivity contribution in [1.82, 2.24) is 30.3 Å². The maximum absolute atomic E-state index is 4.09. The van der Waals surface area contributed by atoms with E-state index in [4.69, 9.17) is 0 Å². The van der Waals surface area contributed by atoms with Gasteiger partial charge in [0.15, 0.2) is 0 Å². The van der Waals surface area contributed by atoms with Crippen molar-refractivity contribution in [2.75, 3.05) is 0 Å². The maximum atomic E-state index is 4.09. The molecule has 86 valence electrons. The highest BCUT2D eigenvalue weighted by Crippen LogP contribution is 2.13. The van der Waals surface area contributed by atoms with Crippen LogP contribution >= 0.6 is 11.3 Å². The van der Waals surface area contributed by atoms with E-state index in [9.17, 15) is 0 Å². The highest BCUT2D eigenvalue weighted by molar-refractivity contribution is 7.13. The first kappa shape index (κ1) is 11.2. The van der Waals surface area contributed by atoms with E-state index in [-0.39, 0.29) is 5.54 Å². The van der Waals surface area contributed by atoms with E-state index in [1.807, 2.05) is 0 Å².